The Kier molecular flexibility index (Phi) is 4.73. The molecule has 1 amide bonds. The highest BCUT2D eigenvalue weighted by atomic mass is 16.2. The smallest absolute Gasteiger partial charge is 0.225 e. The van der Waals surface area contributed by atoms with Crippen LogP contribution < -0.4 is 4.90 Å². The number of benzene rings is 2. The molecule has 3 heteroatoms. The van der Waals surface area contributed by atoms with Gasteiger partial charge >= 0.3 is 0 Å². The molecular formula is C22H26N2O. The zero-order valence-corrected chi connectivity index (χ0v) is 14.7. The van der Waals surface area contributed by atoms with Gasteiger partial charge in [-0.25, -0.2) is 0 Å². The van der Waals surface area contributed by atoms with Gasteiger partial charge in [0.05, 0.1) is 0 Å². The van der Waals surface area contributed by atoms with Crippen molar-refractivity contribution < 1.29 is 4.79 Å². The van der Waals surface area contributed by atoms with Crippen molar-refractivity contribution in [3.63, 3.8) is 0 Å². The Balaban J connectivity index is 1.42. The standard InChI is InChI=1S/C22H26N2O/c25-22(24-13-4-5-14-24)19-11-15-23(16-12-19)21-10-6-9-20(17-21)18-7-2-1-3-8-18/h1-3,6-10,17,19H,4-5,11-16H2. The van der Waals surface area contributed by atoms with Crippen molar-refractivity contribution in [2.45, 2.75) is 25.7 Å². The molecule has 0 aromatic heterocycles. The lowest BCUT2D eigenvalue weighted by Gasteiger charge is -2.34. The molecule has 0 spiro atoms. The number of carbonyl (C=O) groups excluding carboxylic acids is 1. The highest BCUT2D eigenvalue weighted by Crippen LogP contribution is 2.29. The fraction of sp³-hybridized carbons (Fsp3) is 0.409. The van der Waals surface area contributed by atoms with Crippen LogP contribution >= 0.6 is 0 Å². The molecule has 2 aliphatic rings. The number of nitrogens with zero attached hydrogens (tertiary/aromatic N) is 2. The second-order valence-corrected chi connectivity index (χ2v) is 7.21. The van der Waals surface area contributed by atoms with Crippen LogP contribution in [-0.4, -0.2) is 37.0 Å². The van der Waals surface area contributed by atoms with E-state index in [1.54, 1.807) is 0 Å². The van der Waals surface area contributed by atoms with Crippen molar-refractivity contribution in [3.8, 4) is 11.1 Å². The van der Waals surface area contributed by atoms with Crippen LogP contribution in [0.2, 0.25) is 0 Å². The van der Waals surface area contributed by atoms with E-state index in [0.29, 0.717) is 5.91 Å². The first-order valence-electron chi connectivity index (χ1n) is 9.50. The average Bonchev–Trinajstić information content (AvgIpc) is 3.23. The van der Waals surface area contributed by atoms with Gasteiger partial charge in [0, 0.05) is 37.8 Å². The molecule has 2 aromatic carbocycles. The predicted octanol–water partition coefficient (Wildman–Crippen LogP) is 4.19. The Morgan fingerprint density at radius 2 is 1.48 bits per heavy atom. The first-order chi connectivity index (χ1) is 12.3. The maximum absolute atomic E-state index is 12.6. The molecular weight excluding hydrogens is 308 g/mol. The van der Waals surface area contributed by atoms with Gasteiger partial charge < -0.3 is 9.80 Å². The van der Waals surface area contributed by atoms with Crippen molar-refractivity contribution in [2.75, 3.05) is 31.1 Å². The van der Waals surface area contributed by atoms with E-state index < -0.39 is 0 Å². The molecule has 2 heterocycles. The van der Waals surface area contributed by atoms with Crippen LogP contribution in [0.3, 0.4) is 0 Å². The summed E-state index contributed by atoms with van der Waals surface area (Å²) in [6.07, 6.45) is 4.31. The Morgan fingerprint density at radius 1 is 0.800 bits per heavy atom. The third-order valence-corrected chi connectivity index (χ3v) is 5.58. The number of carbonyl (C=O) groups is 1. The zero-order valence-electron chi connectivity index (χ0n) is 14.7. The summed E-state index contributed by atoms with van der Waals surface area (Å²) in [6.45, 7) is 3.89. The molecule has 0 bridgehead atoms. The van der Waals surface area contributed by atoms with Crippen molar-refractivity contribution in [1.29, 1.82) is 0 Å². The summed E-state index contributed by atoms with van der Waals surface area (Å²) in [4.78, 5) is 17.1. The largest absolute Gasteiger partial charge is 0.371 e. The SMILES string of the molecule is O=C(C1CCN(c2cccc(-c3ccccc3)c2)CC1)N1CCCC1. The summed E-state index contributed by atoms with van der Waals surface area (Å²) in [5, 5.41) is 0. The van der Waals surface area contributed by atoms with Crippen molar-refractivity contribution in [2.24, 2.45) is 5.92 Å². The van der Waals surface area contributed by atoms with Crippen LogP contribution in [0.5, 0.6) is 0 Å². The van der Waals surface area contributed by atoms with Crippen LogP contribution in [0.4, 0.5) is 5.69 Å². The van der Waals surface area contributed by atoms with Crippen LogP contribution in [0.1, 0.15) is 25.7 Å². The maximum Gasteiger partial charge on any atom is 0.225 e. The van der Waals surface area contributed by atoms with Gasteiger partial charge in [-0.2, -0.15) is 0 Å². The molecule has 2 aromatic rings. The maximum atomic E-state index is 12.6. The fourth-order valence-corrected chi connectivity index (χ4v) is 4.09. The number of amides is 1. The molecule has 0 aliphatic carbocycles. The van der Waals surface area contributed by atoms with E-state index in [9.17, 15) is 4.79 Å². The number of likely N-dealkylation sites (tertiary alicyclic amines) is 1. The number of piperidine rings is 1. The van der Waals surface area contributed by atoms with E-state index >= 15 is 0 Å². The van der Waals surface area contributed by atoms with Gasteiger partial charge in [-0.15, -0.1) is 0 Å². The number of rotatable bonds is 3. The third kappa shape index (κ3) is 3.55. The van der Waals surface area contributed by atoms with Crippen molar-refractivity contribution in [3.05, 3.63) is 54.6 Å². The molecule has 0 N–H and O–H groups in total. The minimum atomic E-state index is 0.228. The van der Waals surface area contributed by atoms with Gasteiger partial charge in [0.15, 0.2) is 0 Å². The van der Waals surface area contributed by atoms with E-state index in [4.69, 9.17) is 0 Å². The van der Waals surface area contributed by atoms with Crippen LogP contribution in [0.25, 0.3) is 11.1 Å². The normalized spacial score (nSPS) is 18.6. The predicted molar refractivity (Wildman–Crippen MR) is 103 cm³/mol. The van der Waals surface area contributed by atoms with E-state index in [0.717, 1.165) is 39.0 Å². The van der Waals surface area contributed by atoms with Crippen molar-refractivity contribution >= 4 is 11.6 Å². The zero-order chi connectivity index (χ0) is 17.1. The second kappa shape index (κ2) is 7.30. The molecule has 0 atom stereocenters. The molecule has 0 radical (unpaired) electrons. The highest BCUT2D eigenvalue weighted by Gasteiger charge is 2.29. The summed E-state index contributed by atoms with van der Waals surface area (Å²) in [5.74, 6) is 0.627. The minimum Gasteiger partial charge on any atom is -0.371 e. The fourth-order valence-electron chi connectivity index (χ4n) is 4.09. The van der Waals surface area contributed by atoms with E-state index in [1.807, 2.05) is 0 Å². The second-order valence-electron chi connectivity index (χ2n) is 7.21. The van der Waals surface area contributed by atoms with Crippen LogP contribution in [0.15, 0.2) is 54.6 Å². The van der Waals surface area contributed by atoms with Crippen LogP contribution in [0, 0.1) is 5.92 Å². The molecule has 2 saturated heterocycles. The minimum absolute atomic E-state index is 0.228. The Hall–Kier alpha value is -2.29. The Labute approximate surface area is 150 Å². The summed E-state index contributed by atoms with van der Waals surface area (Å²) < 4.78 is 0. The molecule has 0 saturated carbocycles. The molecule has 2 aliphatic heterocycles. The Bertz CT molecular complexity index is 714. The van der Waals surface area contributed by atoms with Gasteiger partial charge in [-0.05, 0) is 48.9 Å². The quantitative estimate of drug-likeness (QED) is 0.840. The monoisotopic (exact) mass is 334 g/mol. The molecule has 4 rings (SSSR count). The van der Waals surface area contributed by atoms with Gasteiger partial charge in [-0.1, -0.05) is 42.5 Å². The van der Waals surface area contributed by atoms with Gasteiger partial charge in [-0.3, -0.25) is 4.79 Å². The van der Waals surface area contributed by atoms with Crippen molar-refractivity contribution in [1.82, 2.24) is 4.90 Å². The summed E-state index contributed by atoms with van der Waals surface area (Å²) in [5.41, 5.74) is 3.78. The molecule has 25 heavy (non-hydrogen) atoms. The lowest BCUT2D eigenvalue weighted by atomic mass is 9.94. The number of hydrogen-bond acceptors (Lipinski definition) is 2. The summed E-state index contributed by atoms with van der Waals surface area (Å²) in [7, 11) is 0. The number of hydrogen-bond donors (Lipinski definition) is 0. The van der Waals surface area contributed by atoms with Gasteiger partial charge in [0.25, 0.3) is 0 Å². The Morgan fingerprint density at radius 3 is 2.20 bits per heavy atom. The van der Waals surface area contributed by atoms with E-state index in [-0.39, 0.29) is 5.92 Å². The first kappa shape index (κ1) is 16.2. The topological polar surface area (TPSA) is 23.6 Å². The average molecular weight is 334 g/mol. The lowest BCUT2D eigenvalue weighted by molar-refractivity contribution is -0.135. The first-order valence-corrected chi connectivity index (χ1v) is 9.50. The van der Waals surface area contributed by atoms with Gasteiger partial charge in [0.1, 0.15) is 0 Å². The molecule has 2 fully saturated rings. The lowest BCUT2D eigenvalue weighted by Crippen LogP contribution is -2.41. The number of anilines is 1. The molecule has 0 unspecified atom stereocenters. The van der Waals surface area contributed by atoms with Crippen LogP contribution in [-0.2, 0) is 4.79 Å². The van der Waals surface area contributed by atoms with Gasteiger partial charge in [0.2, 0.25) is 5.91 Å². The molecule has 3 nitrogen and oxygen atoms in total. The highest BCUT2D eigenvalue weighted by molar-refractivity contribution is 5.79. The third-order valence-electron chi connectivity index (χ3n) is 5.58. The van der Waals surface area contributed by atoms with E-state index in [1.165, 1.54) is 29.7 Å². The summed E-state index contributed by atoms with van der Waals surface area (Å²) >= 11 is 0. The van der Waals surface area contributed by atoms with E-state index in [2.05, 4.69) is 64.4 Å². The molecule has 130 valence electrons. The summed E-state index contributed by atoms with van der Waals surface area (Å²) in [6, 6.07) is 19.3.